The van der Waals surface area contributed by atoms with Crippen LogP contribution in [-0.2, 0) is 0 Å². The van der Waals surface area contributed by atoms with E-state index in [0.717, 1.165) is 46.2 Å². The average Bonchev–Trinajstić information content (AvgIpc) is 2.62. The molecule has 2 aromatic carbocycles. The zero-order chi connectivity index (χ0) is 17.6. The van der Waals surface area contributed by atoms with Gasteiger partial charge in [-0.1, -0.05) is 6.07 Å². The van der Waals surface area contributed by atoms with E-state index in [1.165, 1.54) is 5.69 Å². The summed E-state index contributed by atoms with van der Waals surface area (Å²) in [5, 5.41) is 10.7. The van der Waals surface area contributed by atoms with E-state index in [2.05, 4.69) is 43.0 Å². The Labute approximate surface area is 146 Å². The van der Waals surface area contributed by atoms with Gasteiger partial charge < -0.3 is 14.7 Å². The van der Waals surface area contributed by atoms with Crippen LogP contribution in [0.4, 0.5) is 5.69 Å². The molecule has 1 heterocycles. The van der Waals surface area contributed by atoms with Gasteiger partial charge in [0.1, 0.15) is 11.2 Å². The monoisotopic (exact) mass is 331 g/mol. The molecule has 0 amide bonds. The van der Waals surface area contributed by atoms with Crippen LogP contribution in [0.2, 0.25) is 0 Å². The lowest BCUT2D eigenvalue weighted by Gasteiger charge is -2.21. The smallest absolute Gasteiger partial charge is 0.160 e. The Bertz CT molecular complexity index is 1110. The van der Waals surface area contributed by atoms with E-state index < -0.39 is 0 Å². The number of hydrogen-bond acceptors (Lipinski definition) is 4. The molecule has 4 rings (SSSR count). The van der Waals surface area contributed by atoms with Crippen LogP contribution in [0.1, 0.15) is 19.4 Å². The Kier molecular flexibility index (Phi) is 3.68. The molecule has 0 saturated carbocycles. The first-order valence-electron chi connectivity index (χ1n) is 8.68. The predicted molar refractivity (Wildman–Crippen MR) is 102 cm³/mol. The molecule has 0 atom stereocenters. The zero-order valence-electron chi connectivity index (χ0n) is 14.8. The van der Waals surface area contributed by atoms with Gasteiger partial charge in [0, 0.05) is 30.2 Å². The summed E-state index contributed by atoms with van der Waals surface area (Å²) in [6.07, 6.45) is 0. The van der Waals surface area contributed by atoms with Crippen molar-refractivity contribution < 1.29 is 4.42 Å². The van der Waals surface area contributed by atoms with Crippen LogP contribution in [0.5, 0.6) is 0 Å². The molecule has 4 nitrogen and oxygen atoms in total. The van der Waals surface area contributed by atoms with Gasteiger partial charge in [-0.2, -0.15) is 0 Å². The first kappa shape index (κ1) is 15.6. The Hall–Kier alpha value is -2.88. The number of aromatic nitrogens is 1. The van der Waals surface area contributed by atoms with E-state index >= 15 is 0 Å². The summed E-state index contributed by atoms with van der Waals surface area (Å²) in [7, 11) is 0. The molecular formula is C21H21N3O. The molecule has 2 aromatic rings. The molecule has 1 aliphatic heterocycles. The quantitative estimate of drug-likeness (QED) is 0.436. The summed E-state index contributed by atoms with van der Waals surface area (Å²) in [6, 6.07) is 14.2. The minimum Gasteiger partial charge on any atom is -0.452 e. The fraction of sp³-hybridized carbons (Fsp3) is 0.238. The SMILES string of the molecule is CCN(CC)c1ccc2c(ccc3nc4cc(C)c(=N)cc-4oc32)c1. The van der Waals surface area contributed by atoms with Crippen LogP contribution in [0.3, 0.4) is 0 Å². The number of hydrogen-bond donors (Lipinski definition) is 1. The third kappa shape index (κ3) is 2.54. The average molecular weight is 331 g/mol. The summed E-state index contributed by atoms with van der Waals surface area (Å²) in [6.45, 7) is 8.22. The molecule has 25 heavy (non-hydrogen) atoms. The Morgan fingerprint density at radius 3 is 2.60 bits per heavy atom. The summed E-state index contributed by atoms with van der Waals surface area (Å²) >= 11 is 0. The van der Waals surface area contributed by atoms with E-state index in [9.17, 15) is 0 Å². The first-order chi connectivity index (χ1) is 12.1. The highest BCUT2D eigenvalue weighted by molar-refractivity contribution is 6.04. The van der Waals surface area contributed by atoms with Gasteiger partial charge in [0.25, 0.3) is 0 Å². The number of anilines is 1. The maximum Gasteiger partial charge on any atom is 0.160 e. The van der Waals surface area contributed by atoms with Gasteiger partial charge in [0.05, 0.1) is 5.36 Å². The molecule has 0 saturated heterocycles. The predicted octanol–water partition coefficient (Wildman–Crippen LogP) is 4.72. The number of fused-ring (bicyclic) bond motifs is 4. The molecule has 4 heteroatoms. The largest absolute Gasteiger partial charge is 0.452 e. The van der Waals surface area contributed by atoms with Gasteiger partial charge >= 0.3 is 0 Å². The molecule has 0 fully saturated rings. The molecule has 0 radical (unpaired) electrons. The Morgan fingerprint density at radius 2 is 1.84 bits per heavy atom. The van der Waals surface area contributed by atoms with Gasteiger partial charge in [-0.05, 0) is 62.1 Å². The van der Waals surface area contributed by atoms with Crippen LogP contribution in [-0.4, -0.2) is 18.1 Å². The highest BCUT2D eigenvalue weighted by Gasteiger charge is 2.13. The van der Waals surface area contributed by atoms with Crippen molar-refractivity contribution in [1.29, 1.82) is 5.41 Å². The third-order valence-electron chi connectivity index (χ3n) is 4.82. The van der Waals surface area contributed by atoms with Crippen molar-refractivity contribution in [2.75, 3.05) is 18.0 Å². The van der Waals surface area contributed by atoms with Crippen molar-refractivity contribution in [2.45, 2.75) is 20.8 Å². The summed E-state index contributed by atoms with van der Waals surface area (Å²) < 4.78 is 6.15. The van der Waals surface area contributed by atoms with Gasteiger partial charge in [0.2, 0.25) is 0 Å². The highest BCUT2D eigenvalue weighted by Crippen LogP contribution is 2.31. The standard InChI is InChI=1S/C21H21N3O/c1-4-24(5-2)15-7-8-16-14(11-15)6-9-18-21(16)25-20-12-17(22)13(3)10-19(20)23-18/h6-12,22H,4-5H2,1-3H3. The zero-order valence-corrected chi connectivity index (χ0v) is 14.8. The van der Waals surface area contributed by atoms with Crippen LogP contribution >= 0.6 is 0 Å². The third-order valence-corrected chi connectivity index (χ3v) is 4.82. The molecule has 0 bridgehead atoms. The summed E-state index contributed by atoms with van der Waals surface area (Å²) in [4.78, 5) is 7.06. The van der Waals surface area contributed by atoms with E-state index in [-0.39, 0.29) is 0 Å². The number of nitrogens with zero attached hydrogens (tertiary/aromatic N) is 2. The molecule has 1 N–H and O–H groups in total. The van der Waals surface area contributed by atoms with Gasteiger partial charge in [-0.3, -0.25) is 0 Å². The minimum atomic E-state index is 0.474. The lowest BCUT2D eigenvalue weighted by molar-refractivity contribution is 0.615. The van der Waals surface area contributed by atoms with Crippen LogP contribution < -0.4 is 10.3 Å². The van der Waals surface area contributed by atoms with Crippen LogP contribution in [0, 0.1) is 12.3 Å². The van der Waals surface area contributed by atoms with E-state index in [4.69, 9.17) is 14.8 Å². The normalized spacial score (nSPS) is 11.5. The molecular weight excluding hydrogens is 310 g/mol. The second-order valence-corrected chi connectivity index (χ2v) is 6.34. The second kappa shape index (κ2) is 5.88. The minimum absolute atomic E-state index is 0.474. The maximum absolute atomic E-state index is 8.00. The number of rotatable bonds is 3. The van der Waals surface area contributed by atoms with Crippen molar-refractivity contribution in [1.82, 2.24) is 4.98 Å². The molecule has 0 spiro atoms. The molecule has 2 aliphatic rings. The van der Waals surface area contributed by atoms with Crippen molar-refractivity contribution >= 4 is 27.6 Å². The fourth-order valence-corrected chi connectivity index (χ4v) is 3.34. The highest BCUT2D eigenvalue weighted by atomic mass is 16.3. The van der Waals surface area contributed by atoms with Crippen molar-refractivity contribution in [2.24, 2.45) is 0 Å². The molecule has 1 aliphatic carbocycles. The van der Waals surface area contributed by atoms with Crippen molar-refractivity contribution in [3.05, 3.63) is 53.4 Å². The van der Waals surface area contributed by atoms with Gasteiger partial charge in [0.15, 0.2) is 11.3 Å². The second-order valence-electron chi connectivity index (χ2n) is 6.34. The lowest BCUT2D eigenvalue weighted by atomic mass is 10.1. The van der Waals surface area contributed by atoms with Gasteiger partial charge in [-0.25, -0.2) is 4.98 Å². The van der Waals surface area contributed by atoms with E-state index in [0.29, 0.717) is 11.1 Å². The van der Waals surface area contributed by atoms with Crippen molar-refractivity contribution in [3.63, 3.8) is 0 Å². The topological polar surface area (TPSA) is 53.1 Å². The first-order valence-corrected chi connectivity index (χ1v) is 8.68. The lowest BCUT2D eigenvalue weighted by Crippen LogP contribution is -2.21. The molecule has 0 unspecified atom stereocenters. The Morgan fingerprint density at radius 1 is 1.04 bits per heavy atom. The van der Waals surface area contributed by atoms with E-state index in [1.807, 2.05) is 19.1 Å². The molecule has 126 valence electrons. The molecule has 0 aromatic heterocycles. The fourth-order valence-electron chi connectivity index (χ4n) is 3.34. The van der Waals surface area contributed by atoms with Crippen LogP contribution in [0.25, 0.3) is 33.3 Å². The Balaban J connectivity index is 1.99. The summed E-state index contributed by atoms with van der Waals surface area (Å²) in [5.41, 5.74) is 4.53. The van der Waals surface area contributed by atoms with Crippen LogP contribution in [0.15, 0.2) is 46.9 Å². The van der Waals surface area contributed by atoms with E-state index in [1.54, 1.807) is 6.07 Å². The number of nitrogens with one attached hydrogen (secondary N) is 1. The maximum atomic E-state index is 8.00. The number of aryl methyl sites for hydroxylation is 1. The number of benzene rings is 3. The van der Waals surface area contributed by atoms with Gasteiger partial charge in [-0.15, -0.1) is 0 Å². The van der Waals surface area contributed by atoms with Crippen molar-refractivity contribution in [3.8, 4) is 11.5 Å². The summed E-state index contributed by atoms with van der Waals surface area (Å²) in [5.74, 6) is 0.656.